The second-order valence-corrected chi connectivity index (χ2v) is 8.82. The summed E-state index contributed by atoms with van der Waals surface area (Å²) in [5, 5.41) is 4.02. The Morgan fingerprint density at radius 1 is 1.17 bits per heavy atom. The van der Waals surface area contributed by atoms with Crippen molar-refractivity contribution < 1.29 is 14.3 Å². The first-order valence-corrected chi connectivity index (χ1v) is 11.2. The second kappa shape index (κ2) is 11.0. The topological polar surface area (TPSA) is 84.7 Å². The molecule has 2 amide bonds. The Balaban J connectivity index is 1.40. The quantitative estimate of drug-likeness (QED) is 0.582. The van der Waals surface area contributed by atoms with E-state index in [0.717, 1.165) is 30.1 Å². The molecule has 0 aromatic heterocycles. The van der Waals surface area contributed by atoms with E-state index < -0.39 is 5.91 Å². The van der Waals surface area contributed by atoms with Gasteiger partial charge in [0.1, 0.15) is 0 Å². The lowest BCUT2D eigenvalue weighted by molar-refractivity contribution is -0.119. The SMILES string of the molecule is NC(=O)c1ccc(SCC(=O)NCC2CN(Cc3ccc(Cl)c(Cl)c3)CCO2)cc1. The fourth-order valence-electron chi connectivity index (χ4n) is 3.09. The number of ether oxygens (including phenoxy) is 1. The van der Waals surface area contributed by atoms with Gasteiger partial charge in [0.2, 0.25) is 11.8 Å². The Labute approximate surface area is 190 Å². The number of hydrogen-bond acceptors (Lipinski definition) is 5. The molecule has 3 N–H and O–H groups in total. The van der Waals surface area contributed by atoms with E-state index in [9.17, 15) is 9.59 Å². The summed E-state index contributed by atoms with van der Waals surface area (Å²) >= 11 is 13.5. The molecule has 1 fully saturated rings. The highest BCUT2D eigenvalue weighted by molar-refractivity contribution is 8.00. The molecule has 0 saturated carbocycles. The van der Waals surface area contributed by atoms with E-state index in [1.807, 2.05) is 12.1 Å². The third-order valence-electron chi connectivity index (χ3n) is 4.65. The van der Waals surface area contributed by atoms with E-state index in [2.05, 4.69) is 10.2 Å². The van der Waals surface area contributed by atoms with Crippen LogP contribution in [0, 0.1) is 0 Å². The van der Waals surface area contributed by atoms with Gasteiger partial charge >= 0.3 is 0 Å². The van der Waals surface area contributed by atoms with Crippen molar-refractivity contribution in [3.05, 3.63) is 63.6 Å². The van der Waals surface area contributed by atoms with Crippen molar-refractivity contribution >= 4 is 46.8 Å². The van der Waals surface area contributed by atoms with E-state index in [0.29, 0.717) is 28.8 Å². The van der Waals surface area contributed by atoms with Gasteiger partial charge in [-0.2, -0.15) is 0 Å². The highest BCUT2D eigenvalue weighted by Crippen LogP contribution is 2.23. The molecule has 6 nitrogen and oxygen atoms in total. The Morgan fingerprint density at radius 3 is 2.63 bits per heavy atom. The number of carbonyl (C=O) groups is 2. The predicted molar refractivity (Wildman–Crippen MR) is 120 cm³/mol. The van der Waals surface area contributed by atoms with E-state index in [1.165, 1.54) is 11.8 Å². The molecule has 9 heteroatoms. The molecule has 2 aromatic rings. The van der Waals surface area contributed by atoms with Crippen LogP contribution >= 0.6 is 35.0 Å². The summed E-state index contributed by atoms with van der Waals surface area (Å²) in [6.07, 6.45) is -0.0645. The molecule has 30 heavy (non-hydrogen) atoms. The monoisotopic (exact) mass is 467 g/mol. The molecular weight excluding hydrogens is 445 g/mol. The molecule has 1 aliphatic rings. The number of hydrogen-bond donors (Lipinski definition) is 2. The van der Waals surface area contributed by atoms with E-state index in [-0.39, 0.29) is 17.8 Å². The number of thioether (sulfide) groups is 1. The zero-order valence-electron chi connectivity index (χ0n) is 16.3. The molecule has 2 aromatic carbocycles. The lowest BCUT2D eigenvalue weighted by atomic mass is 10.2. The fourth-order valence-corrected chi connectivity index (χ4v) is 4.14. The van der Waals surface area contributed by atoms with Crippen LogP contribution in [-0.2, 0) is 16.1 Å². The van der Waals surface area contributed by atoms with Crippen molar-refractivity contribution in [1.29, 1.82) is 0 Å². The Hall–Kier alpha value is -1.77. The minimum atomic E-state index is -0.468. The molecule has 160 valence electrons. The predicted octanol–water partition coefficient (Wildman–Crippen LogP) is 3.20. The minimum Gasteiger partial charge on any atom is -0.374 e. The van der Waals surface area contributed by atoms with Crippen LogP contribution in [0.2, 0.25) is 10.0 Å². The third-order valence-corrected chi connectivity index (χ3v) is 6.40. The number of carbonyl (C=O) groups excluding carboxylic acids is 2. The summed E-state index contributed by atoms with van der Waals surface area (Å²) in [5.41, 5.74) is 6.76. The number of halogens is 2. The van der Waals surface area contributed by atoms with Crippen molar-refractivity contribution in [2.24, 2.45) is 5.73 Å². The van der Waals surface area contributed by atoms with Crippen LogP contribution in [0.15, 0.2) is 47.4 Å². The van der Waals surface area contributed by atoms with Gasteiger partial charge in [-0.15, -0.1) is 11.8 Å². The van der Waals surface area contributed by atoms with Gasteiger partial charge < -0.3 is 15.8 Å². The summed E-state index contributed by atoms with van der Waals surface area (Å²) < 4.78 is 5.78. The van der Waals surface area contributed by atoms with Crippen LogP contribution in [0.5, 0.6) is 0 Å². The smallest absolute Gasteiger partial charge is 0.248 e. The maximum atomic E-state index is 12.2. The van der Waals surface area contributed by atoms with Crippen molar-refractivity contribution in [2.75, 3.05) is 32.0 Å². The largest absolute Gasteiger partial charge is 0.374 e. The van der Waals surface area contributed by atoms with Gasteiger partial charge in [-0.05, 0) is 42.0 Å². The normalized spacial score (nSPS) is 16.9. The number of morpholine rings is 1. The molecule has 1 saturated heterocycles. The number of nitrogens with one attached hydrogen (secondary N) is 1. The molecule has 0 aliphatic carbocycles. The van der Waals surface area contributed by atoms with E-state index >= 15 is 0 Å². The molecule has 1 atom stereocenters. The van der Waals surface area contributed by atoms with Gasteiger partial charge in [-0.3, -0.25) is 14.5 Å². The van der Waals surface area contributed by atoms with Crippen molar-refractivity contribution in [2.45, 2.75) is 17.5 Å². The first-order valence-electron chi connectivity index (χ1n) is 9.48. The molecule has 3 rings (SSSR count). The summed E-state index contributed by atoms with van der Waals surface area (Å²) in [6, 6.07) is 12.5. The number of benzene rings is 2. The zero-order valence-corrected chi connectivity index (χ0v) is 18.6. The minimum absolute atomic E-state index is 0.0645. The van der Waals surface area contributed by atoms with Gasteiger partial charge in [0.15, 0.2) is 0 Å². The molecule has 0 radical (unpaired) electrons. The summed E-state index contributed by atoms with van der Waals surface area (Å²) in [5.74, 6) is -0.246. The Kier molecular flexibility index (Phi) is 8.41. The summed E-state index contributed by atoms with van der Waals surface area (Å²) in [6.45, 7) is 3.37. The Bertz CT molecular complexity index is 896. The number of amides is 2. The van der Waals surface area contributed by atoms with Crippen molar-refractivity contribution in [3.8, 4) is 0 Å². The molecular formula is C21H23Cl2N3O3S. The van der Waals surface area contributed by atoms with Gasteiger partial charge in [-0.25, -0.2) is 0 Å². The highest BCUT2D eigenvalue weighted by Gasteiger charge is 2.21. The maximum absolute atomic E-state index is 12.2. The van der Waals surface area contributed by atoms with Crippen molar-refractivity contribution in [3.63, 3.8) is 0 Å². The highest BCUT2D eigenvalue weighted by atomic mass is 35.5. The third kappa shape index (κ3) is 6.89. The lowest BCUT2D eigenvalue weighted by Crippen LogP contribution is -2.47. The van der Waals surface area contributed by atoms with Crippen LogP contribution in [0.3, 0.4) is 0 Å². The maximum Gasteiger partial charge on any atom is 0.248 e. The Morgan fingerprint density at radius 2 is 1.93 bits per heavy atom. The van der Waals surface area contributed by atoms with Crippen LogP contribution in [-0.4, -0.2) is 54.8 Å². The lowest BCUT2D eigenvalue weighted by Gasteiger charge is -2.33. The average Bonchev–Trinajstić information content (AvgIpc) is 2.74. The summed E-state index contributed by atoms with van der Waals surface area (Å²) in [4.78, 5) is 26.4. The number of nitrogens with zero attached hydrogens (tertiary/aromatic N) is 1. The van der Waals surface area contributed by atoms with Crippen molar-refractivity contribution in [1.82, 2.24) is 10.2 Å². The van der Waals surface area contributed by atoms with Gasteiger partial charge in [0, 0.05) is 36.6 Å². The molecule has 0 spiro atoms. The van der Waals surface area contributed by atoms with Crippen LogP contribution in [0.1, 0.15) is 15.9 Å². The first kappa shape index (κ1) is 22.9. The molecule has 1 aliphatic heterocycles. The first-order chi connectivity index (χ1) is 14.4. The summed E-state index contributed by atoms with van der Waals surface area (Å²) in [7, 11) is 0. The van der Waals surface area contributed by atoms with Crippen LogP contribution in [0.4, 0.5) is 0 Å². The van der Waals surface area contributed by atoms with Crippen LogP contribution < -0.4 is 11.1 Å². The van der Waals surface area contributed by atoms with Gasteiger partial charge in [-0.1, -0.05) is 29.3 Å². The molecule has 1 unspecified atom stereocenters. The van der Waals surface area contributed by atoms with E-state index in [4.69, 9.17) is 33.7 Å². The number of primary amides is 1. The average molecular weight is 468 g/mol. The van der Waals surface area contributed by atoms with E-state index in [1.54, 1.807) is 30.3 Å². The zero-order chi connectivity index (χ0) is 21.5. The van der Waals surface area contributed by atoms with Crippen LogP contribution in [0.25, 0.3) is 0 Å². The standard InChI is InChI=1S/C21H23Cl2N3O3S/c22-18-6-1-14(9-19(18)23)11-26-7-8-29-16(12-26)10-25-20(27)13-30-17-4-2-15(3-5-17)21(24)28/h1-6,9,16H,7-8,10-13H2,(H2,24,28)(H,25,27). The number of rotatable bonds is 8. The van der Waals surface area contributed by atoms with Gasteiger partial charge in [0.25, 0.3) is 0 Å². The second-order valence-electron chi connectivity index (χ2n) is 6.96. The number of nitrogens with two attached hydrogens (primary N) is 1. The molecule has 0 bridgehead atoms. The van der Waals surface area contributed by atoms with Gasteiger partial charge in [0.05, 0.1) is 28.5 Å². The molecule has 1 heterocycles. The fraction of sp³-hybridized carbons (Fsp3) is 0.333.